The Morgan fingerprint density at radius 1 is 0.892 bits per heavy atom. The molecule has 0 unspecified atom stereocenters. The van der Waals surface area contributed by atoms with Crippen molar-refractivity contribution in [2.75, 3.05) is 0 Å². The number of amides is 2. The minimum Gasteiger partial charge on any atom is -0.459 e. The molecule has 0 aliphatic carbocycles. The summed E-state index contributed by atoms with van der Waals surface area (Å²) in [5.41, 5.74) is 4.46. The van der Waals surface area contributed by atoms with Gasteiger partial charge in [-0.3, -0.25) is 9.59 Å². The molecule has 0 atom stereocenters. The maximum absolute atomic E-state index is 13.5. The third kappa shape index (κ3) is 8.12. The lowest BCUT2D eigenvalue weighted by molar-refractivity contribution is -0.140. The second kappa shape index (κ2) is 11.5. The third-order valence-electron chi connectivity index (χ3n) is 5.21. The normalized spacial score (nSPS) is 12.2. The average Bonchev–Trinajstić information content (AvgIpc) is 3.26. The highest BCUT2D eigenvalue weighted by atomic mass is 32.2. The fourth-order valence-electron chi connectivity index (χ4n) is 3.31. The van der Waals surface area contributed by atoms with E-state index < -0.39 is 27.4 Å². The van der Waals surface area contributed by atoms with Crippen LogP contribution < -0.4 is 10.7 Å². The fraction of sp³-hybridized carbons (Fsp3) is 0.296. The van der Waals surface area contributed by atoms with Gasteiger partial charge in [0.1, 0.15) is 11.5 Å². The molecule has 0 bridgehead atoms. The van der Waals surface area contributed by atoms with Crippen LogP contribution in [0.1, 0.15) is 49.0 Å². The first-order valence-electron chi connectivity index (χ1n) is 11.7. The first-order valence-corrected chi connectivity index (χ1v) is 13.1. The van der Waals surface area contributed by atoms with Crippen LogP contribution in [-0.4, -0.2) is 36.3 Å². The summed E-state index contributed by atoms with van der Waals surface area (Å²) in [7, 11) is -3.83. The number of hydrogen-bond acceptors (Lipinski definition) is 6. The van der Waals surface area contributed by atoms with Gasteiger partial charge in [-0.05, 0) is 64.4 Å². The number of nitrogens with zero attached hydrogens (tertiary/aromatic N) is 2. The van der Waals surface area contributed by atoms with Crippen LogP contribution in [0.25, 0.3) is 0 Å². The molecule has 3 rings (SSSR count). The third-order valence-corrected chi connectivity index (χ3v) is 7.01. The molecule has 9 nitrogen and oxygen atoms in total. The molecule has 0 fully saturated rings. The number of aryl methyl sites for hydroxylation is 2. The Hall–Kier alpha value is -3.76. The maximum atomic E-state index is 13.5. The lowest BCUT2D eigenvalue weighted by Gasteiger charge is -2.21. The number of carbonyl (C=O) groups is 2. The zero-order chi connectivity index (χ0) is 27.2. The first-order chi connectivity index (χ1) is 17.3. The summed E-state index contributed by atoms with van der Waals surface area (Å²) in [5, 5.41) is 6.29. The molecule has 1 heterocycles. The average molecular weight is 525 g/mol. The minimum atomic E-state index is -3.83. The van der Waals surface area contributed by atoms with Crippen LogP contribution in [0.15, 0.2) is 75.1 Å². The Morgan fingerprint density at radius 2 is 1.49 bits per heavy atom. The number of hydrogen-bond donors (Lipinski definition) is 2. The molecule has 0 aliphatic rings. The lowest BCUT2D eigenvalue weighted by Crippen LogP contribution is -2.47. The molecule has 2 aromatic carbocycles. The number of rotatable bonds is 8. The van der Waals surface area contributed by atoms with Crippen molar-refractivity contribution in [1.29, 1.82) is 0 Å². The Kier molecular flexibility index (Phi) is 8.67. The molecular weight excluding hydrogens is 492 g/mol. The van der Waals surface area contributed by atoms with E-state index in [9.17, 15) is 18.0 Å². The topological polar surface area (TPSA) is 121 Å². The van der Waals surface area contributed by atoms with E-state index in [0.717, 1.165) is 16.7 Å². The lowest BCUT2D eigenvalue weighted by atomic mass is 10.1. The molecule has 0 radical (unpaired) electrons. The van der Waals surface area contributed by atoms with Crippen LogP contribution in [0.2, 0.25) is 0 Å². The Bertz CT molecular complexity index is 1370. The van der Waals surface area contributed by atoms with E-state index in [-0.39, 0.29) is 23.7 Å². The van der Waals surface area contributed by atoms with Gasteiger partial charge in [-0.25, -0.2) is 13.8 Å². The highest BCUT2D eigenvalue weighted by Crippen LogP contribution is 2.22. The summed E-state index contributed by atoms with van der Waals surface area (Å²) in [4.78, 5) is 23.9. The van der Waals surface area contributed by atoms with E-state index in [1.54, 1.807) is 57.2 Å². The van der Waals surface area contributed by atoms with Crippen LogP contribution in [0.4, 0.5) is 0 Å². The van der Waals surface area contributed by atoms with Gasteiger partial charge in [-0.1, -0.05) is 47.5 Å². The molecule has 1 aromatic heterocycles. The van der Waals surface area contributed by atoms with Crippen LogP contribution in [0.3, 0.4) is 0 Å². The van der Waals surface area contributed by atoms with Crippen LogP contribution >= 0.6 is 0 Å². The summed E-state index contributed by atoms with van der Waals surface area (Å²) in [6, 6.07) is 17.6. The summed E-state index contributed by atoms with van der Waals surface area (Å²) in [6.07, 6.45) is 1.24. The van der Waals surface area contributed by atoms with Crippen molar-refractivity contribution in [2.45, 2.75) is 58.1 Å². The van der Waals surface area contributed by atoms with Gasteiger partial charge in [-0.2, -0.15) is 9.41 Å². The molecular formula is C27H32N4O5S. The van der Waals surface area contributed by atoms with Crippen molar-refractivity contribution < 1.29 is 22.4 Å². The monoisotopic (exact) mass is 524 g/mol. The van der Waals surface area contributed by atoms with Gasteiger partial charge < -0.3 is 9.73 Å². The second-order valence-corrected chi connectivity index (χ2v) is 11.7. The van der Waals surface area contributed by atoms with E-state index in [0.29, 0.717) is 5.76 Å². The predicted molar refractivity (Wildman–Crippen MR) is 141 cm³/mol. The quantitative estimate of drug-likeness (QED) is 0.265. The minimum absolute atomic E-state index is 0.0156. The first kappa shape index (κ1) is 27.8. The van der Waals surface area contributed by atoms with Crippen molar-refractivity contribution in [2.24, 2.45) is 5.10 Å². The Labute approximate surface area is 217 Å². The predicted octanol–water partition coefficient (Wildman–Crippen LogP) is 3.65. The molecule has 3 aromatic rings. The molecule has 2 amide bonds. The molecule has 10 heteroatoms. The van der Waals surface area contributed by atoms with Gasteiger partial charge in [0.05, 0.1) is 17.7 Å². The largest absolute Gasteiger partial charge is 0.459 e. The molecule has 0 saturated heterocycles. The highest BCUT2D eigenvalue weighted by Gasteiger charge is 2.26. The van der Waals surface area contributed by atoms with Crippen molar-refractivity contribution in [3.8, 4) is 0 Å². The number of carbonyl (C=O) groups excluding carboxylic acids is 2. The van der Waals surface area contributed by atoms with Crippen molar-refractivity contribution in [1.82, 2.24) is 15.0 Å². The van der Waals surface area contributed by atoms with Gasteiger partial charge in [0, 0.05) is 12.1 Å². The van der Waals surface area contributed by atoms with Crippen molar-refractivity contribution in [3.63, 3.8) is 0 Å². The zero-order valence-corrected chi connectivity index (χ0v) is 22.4. The molecule has 2 N–H and O–H groups in total. The number of hydrazone groups is 1. The maximum Gasteiger partial charge on any atom is 0.329 e. The second-order valence-electron chi connectivity index (χ2n) is 9.78. The van der Waals surface area contributed by atoms with Gasteiger partial charge in [0.2, 0.25) is 10.0 Å². The van der Waals surface area contributed by atoms with Crippen LogP contribution in [0.5, 0.6) is 0 Å². The summed E-state index contributed by atoms with van der Waals surface area (Å²) < 4.78 is 34.1. The number of sulfonamides is 1. The molecule has 0 aliphatic heterocycles. The summed E-state index contributed by atoms with van der Waals surface area (Å²) in [6.45, 7) is 9.27. The van der Waals surface area contributed by atoms with E-state index in [1.807, 2.05) is 38.1 Å². The van der Waals surface area contributed by atoms with Gasteiger partial charge >= 0.3 is 11.8 Å². The van der Waals surface area contributed by atoms with E-state index >= 15 is 0 Å². The van der Waals surface area contributed by atoms with Crippen molar-refractivity contribution >= 4 is 28.1 Å². The van der Waals surface area contributed by atoms with Crippen LogP contribution in [-0.2, 0) is 32.7 Å². The van der Waals surface area contributed by atoms with E-state index in [2.05, 4.69) is 15.8 Å². The number of nitrogens with one attached hydrogen (secondary N) is 2. The van der Waals surface area contributed by atoms with Gasteiger partial charge in [0.25, 0.3) is 0 Å². The van der Waals surface area contributed by atoms with E-state index in [1.165, 1.54) is 10.5 Å². The molecule has 0 spiro atoms. The summed E-state index contributed by atoms with van der Waals surface area (Å²) >= 11 is 0. The van der Waals surface area contributed by atoms with Gasteiger partial charge in [0.15, 0.2) is 0 Å². The smallest absolute Gasteiger partial charge is 0.329 e. The molecule has 37 heavy (non-hydrogen) atoms. The fourth-order valence-corrected chi connectivity index (χ4v) is 4.70. The molecule has 196 valence electrons. The Morgan fingerprint density at radius 3 is 2.08 bits per heavy atom. The SMILES string of the molecule is Cc1ccc(CN(Cc2ccc(/C=N/NC(=O)C(=O)NC(C)(C)C)o2)S(=O)(=O)c2ccc(C)cc2)cc1. The summed E-state index contributed by atoms with van der Waals surface area (Å²) in [5.74, 6) is -1.04. The van der Waals surface area contributed by atoms with Gasteiger partial charge in [-0.15, -0.1) is 0 Å². The van der Waals surface area contributed by atoms with Crippen molar-refractivity contribution in [3.05, 3.63) is 88.9 Å². The van der Waals surface area contributed by atoms with E-state index in [4.69, 9.17) is 4.42 Å². The standard InChI is InChI=1S/C27H32N4O5S/c1-19-6-10-21(11-7-19)17-31(37(34,35)24-14-8-20(2)9-15-24)18-23-13-12-22(36-23)16-28-30-26(33)25(32)29-27(3,4)5/h6-16H,17-18H2,1-5H3,(H,29,32)(H,30,33)/b28-16+. The number of benzene rings is 2. The van der Waals surface area contributed by atoms with Crippen LogP contribution in [0, 0.1) is 13.8 Å². The Balaban J connectivity index is 1.76. The number of furan rings is 1. The highest BCUT2D eigenvalue weighted by molar-refractivity contribution is 7.89. The zero-order valence-electron chi connectivity index (χ0n) is 21.6. The molecule has 0 saturated carbocycles.